The standard InChI is InChI=1S/C29H28N4O4/c1-36-25-11-5-7-20(17-25)18-30-27(34)22-14-12-21(13-15-22)26-31-28(37-32-26)24-10-6-16-33(19-24)29(35)23-8-3-2-4-9-23/h2-5,7-9,11-15,17,24H,6,10,16,18-19H2,1H3,(H,30,34)/t24-/m1/s1. The van der Waals surface area contributed by atoms with Crippen LogP contribution < -0.4 is 10.1 Å². The van der Waals surface area contributed by atoms with Gasteiger partial charge in [-0.3, -0.25) is 9.59 Å². The van der Waals surface area contributed by atoms with Gasteiger partial charge in [0.1, 0.15) is 5.75 Å². The first-order valence-corrected chi connectivity index (χ1v) is 12.3. The van der Waals surface area contributed by atoms with Crippen LogP contribution in [0.4, 0.5) is 0 Å². The molecule has 0 aliphatic carbocycles. The third-order valence-electron chi connectivity index (χ3n) is 6.51. The third kappa shape index (κ3) is 5.69. The second kappa shape index (κ2) is 11.1. The third-order valence-corrected chi connectivity index (χ3v) is 6.51. The molecule has 0 unspecified atom stereocenters. The van der Waals surface area contributed by atoms with Crippen LogP contribution in [-0.2, 0) is 6.54 Å². The van der Waals surface area contributed by atoms with Crippen molar-refractivity contribution >= 4 is 11.8 Å². The summed E-state index contributed by atoms with van der Waals surface area (Å²) in [5, 5.41) is 7.08. The molecule has 1 saturated heterocycles. The second-order valence-electron chi connectivity index (χ2n) is 9.02. The Kier molecular flexibility index (Phi) is 7.26. The van der Waals surface area contributed by atoms with E-state index in [2.05, 4.69) is 15.5 Å². The Hall–Kier alpha value is -4.46. The van der Waals surface area contributed by atoms with E-state index in [1.165, 1.54) is 0 Å². The molecule has 1 fully saturated rings. The van der Waals surface area contributed by atoms with E-state index in [1.807, 2.05) is 59.5 Å². The lowest BCUT2D eigenvalue weighted by atomic mass is 9.97. The van der Waals surface area contributed by atoms with E-state index in [1.54, 1.807) is 31.4 Å². The van der Waals surface area contributed by atoms with E-state index in [9.17, 15) is 9.59 Å². The Bertz CT molecular complexity index is 1370. The van der Waals surface area contributed by atoms with Gasteiger partial charge in [0.25, 0.3) is 11.8 Å². The van der Waals surface area contributed by atoms with Crippen LogP contribution in [0.5, 0.6) is 5.75 Å². The number of nitrogens with one attached hydrogen (secondary N) is 1. The molecule has 1 atom stereocenters. The lowest BCUT2D eigenvalue weighted by Crippen LogP contribution is -2.39. The number of hydrogen-bond donors (Lipinski definition) is 1. The molecule has 3 aromatic carbocycles. The first-order chi connectivity index (χ1) is 18.1. The van der Waals surface area contributed by atoms with Crippen LogP contribution >= 0.6 is 0 Å². The van der Waals surface area contributed by atoms with Crippen molar-refractivity contribution in [1.82, 2.24) is 20.4 Å². The monoisotopic (exact) mass is 496 g/mol. The fourth-order valence-electron chi connectivity index (χ4n) is 4.48. The van der Waals surface area contributed by atoms with Gasteiger partial charge in [0, 0.05) is 36.3 Å². The molecule has 1 aliphatic heterocycles. The number of rotatable bonds is 7. The number of methoxy groups -OCH3 is 1. The lowest BCUT2D eigenvalue weighted by molar-refractivity contribution is 0.0695. The highest BCUT2D eigenvalue weighted by Gasteiger charge is 2.29. The number of piperidine rings is 1. The largest absolute Gasteiger partial charge is 0.497 e. The van der Waals surface area contributed by atoms with Crippen LogP contribution in [-0.4, -0.2) is 47.1 Å². The molecule has 1 N–H and O–H groups in total. The quantitative estimate of drug-likeness (QED) is 0.399. The molecule has 8 heteroatoms. The predicted molar refractivity (Wildman–Crippen MR) is 138 cm³/mol. The summed E-state index contributed by atoms with van der Waals surface area (Å²) in [6.07, 6.45) is 1.76. The molecule has 0 bridgehead atoms. The van der Waals surface area contributed by atoms with E-state index in [0.29, 0.717) is 42.5 Å². The van der Waals surface area contributed by atoms with Gasteiger partial charge in [0.05, 0.1) is 13.0 Å². The minimum Gasteiger partial charge on any atom is -0.497 e. The molecule has 1 aromatic heterocycles. The van der Waals surface area contributed by atoms with Crippen LogP contribution in [0.15, 0.2) is 83.4 Å². The van der Waals surface area contributed by atoms with Gasteiger partial charge in [0.2, 0.25) is 11.7 Å². The van der Waals surface area contributed by atoms with E-state index in [-0.39, 0.29) is 17.7 Å². The summed E-state index contributed by atoms with van der Waals surface area (Å²) in [6.45, 7) is 1.66. The maximum Gasteiger partial charge on any atom is 0.253 e. The van der Waals surface area contributed by atoms with Gasteiger partial charge in [-0.05, 0) is 54.8 Å². The number of carbonyl (C=O) groups excluding carboxylic acids is 2. The average molecular weight is 497 g/mol. The number of amides is 2. The molecular formula is C29H28N4O4. The first kappa shape index (κ1) is 24.2. The highest BCUT2D eigenvalue weighted by Crippen LogP contribution is 2.28. The average Bonchev–Trinajstić information content (AvgIpc) is 3.47. The van der Waals surface area contributed by atoms with Gasteiger partial charge < -0.3 is 19.5 Å². The lowest BCUT2D eigenvalue weighted by Gasteiger charge is -2.31. The number of likely N-dealkylation sites (tertiary alicyclic amines) is 1. The van der Waals surface area contributed by atoms with Crippen molar-refractivity contribution < 1.29 is 18.8 Å². The number of hydrogen-bond acceptors (Lipinski definition) is 6. The van der Waals surface area contributed by atoms with Crippen molar-refractivity contribution in [1.29, 1.82) is 0 Å². The number of benzene rings is 3. The predicted octanol–water partition coefficient (Wildman–Crippen LogP) is 4.70. The molecule has 2 amide bonds. The van der Waals surface area contributed by atoms with E-state index in [0.717, 1.165) is 29.7 Å². The first-order valence-electron chi connectivity index (χ1n) is 12.3. The van der Waals surface area contributed by atoms with Crippen LogP contribution in [0.3, 0.4) is 0 Å². The Balaban J connectivity index is 1.20. The molecule has 0 spiro atoms. The molecule has 4 aromatic rings. The SMILES string of the molecule is COc1cccc(CNC(=O)c2ccc(-c3noc([C@@H]4CCCN(C(=O)c5ccccc5)C4)n3)cc2)c1. The molecule has 0 saturated carbocycles. The van der Waals surface area contributed by atoms with Gasteiger partial charge in [0.15, 0.2) is 0 Å². The van der Waals surface area contributed by atoms with Gasteiger partial charge in [-0.25, -0.2) is 0 Å². The number of carbonyl (C=O) groups is 2. The normalized spacial score (nSPS) is 15.3. The van der Waals surface area contributed by atoms with Crippen molar-refractivity contribution in [3.63, 3.8) is 0 Å². The van der Waals surface area contributed by atoms with Crippen LogP contribution in [0.2, 0.25) is 0 Å². The topological polar surface area (TPSA) is 97.6 Å². The number of nitrogens with zero attached hydrogens (tertiary/aromatic N) is 3. The minimum absolute atomic E-state index is 0.00989. The molecule has 8 nitrogen and oxygen atoms in total. The van der Waals surface area contributed by atoms with E-state index in [4.69, 9.17) is 9.26 Å². The zero-order valence-electron chi connectivity index (χ0n) is 20.6. The van der Waals surface area contributed by atoms with Crippen molar-refractivity contribution in [2.45, 2.75) is 25.3 Å². The van der Waals surface area contributed by atoms with Crippen molar-refractivity contribution in [2.75, 3.05) is 20.2 Å². The summed E-state index contributed by atoms with van der Waals surface area (Å²) in [4.78, 5) is 31.9. The molecule has 37 heavy (non-hydrogen) atoms. The highest BCUT2D eigenvalue weighted by atomic mass is 16.5. The number of aromatic nitrogens is 2. The van der Waals surface area contributed by atoms with Crippen molar-refractivity contribution in [2.24, 2.45) is 0 Å². The zero-order valence-corrected chi connectivity index (χ0v) is 20.6. The van der Waals surface area contributed by atoms with Crippen molar-refractivity contribution in [3.8, 4) is 17.1 Å². The summed E-state index contributed by atoms with van der Waals surface area (Å²) in [5.41, 5.74) is 2.93. The smallest absolute Gasteiger partial charge is 0.253 e. The Morgan fingerprint density at radius 3 is 2.62 bits per heavy atom. The second-order valence-corrected chi connectivity index (χ2v) is 9.02. The van der Waals surface area contributed by atoms with Crippen LogP contribution in [0.1, 0.15) is 50.9 Å². The Morgan fingerprint density at radius 1 is 1.03 bits per heavy atom. The highest BCUT2D eigenvalue weighted by molar-refractivity contribution is 5.95. The fourth-order valence-corrected chi connectivity index (χ4v) is 4.48. The molecule has 188 valence electrons. The van der Waals surface area contributed by atoms with E-state index >= 15 is 0 Å². The van der Waals surface area contributed by atoms with Crippen molar-refractivity contribution in [3.05, 3.63) is 101 Å². The zero-order chi connectivity index (χ0) is 25.6. The maximum absolute atomic E-state index is 12.9. The summed E-state index contributed by atoms with van der Waals surface area (Å²) in [6, 6.07) is 24.0. The summed E-state index contributed by atoms with van der Waals surface area (Å²) >= 11 is 0. The summed E-state index contributed by atoms with van der Waals surface area (Å²) in [5.74, 6) is 1.58. The van der Waals surface area contributed by atoms with Crippen LogP contribution in [0, 0.1) is 0 Å². The number of ether oxygens (including phenoxy) is 1. The minimum atomic E-state index is -0.173. The van der Waals surface area contributed by atoms with Gasteiger partial charge in [-0.15, -0.1) is 0 Å². The fraction of sp³-hybridized carbons (Fsp3) is 0.241. The maximum atomic E-state index is 12.9. The van der Waals surface area contributed by atoms with E-state index < -0.39 is 0 Å². The molecule has 2 heterocycles. The van der Waals surface area contributed by atoms with Gasteiger partial charge >= 0.3 is 0 Å². The summed E-state index contributed by atoms with van der Waals surface area (Å²) in [7, 11) is 1.61. The molecular weight excluding hydrogens is 468 g/mol. The molecule has 5 rings (SSSR count). The van der Waals surface area contributed by atoms with Gasteiger partial charge in [-0.2, -0.15) is 4.98 Å². The summed E-state index contributed by atoms with van der Waals surface area (Å²) < 4.78 is 10.8. The molecule has 1 aliphatic rings. The molecule has 0 radical (unpaired) electrons. The van der Waals surface area contributed by atoms with Gasteiger partial charge in [-0.1, -0.05) is 47.6 Å². The van der Waals surface area contributed by atoms with Crippen LogP contribution in [0.25, 0.3) is 11.4 Å². The Labute approximate surface area is 215 Å². The Morgan fingerprint density at radius 2 is 1.84 bits per heavy atom.